The fourth-order valence-electron chi connectivity index (χ4n) is 1.23. The third-order valence-corrected chi connectivity index (χ3v) is 2.56. The second-order valence-electron chi connectivity index (χ2n) is 3.17. The molecule has 1 rings (SSSR count). The summed E-state index contributed by atoms with van der Waals surface area (Å²) in [6, 6.07) is 7.14. The predicted molar refractivity (Wildman–Crippen MR) is 55.7 cm³/mol. The van der Waals surface area contributed by atoms with E-state index in [9.17, 15) is 8.78 Å². The summed E-state index contributed by atoms with van der Waals surface area (Å²) in [5.74, 6) is -2.37. The Morgan fingerprint density at radius 1 is 1.36 bits per heavy atom. The van der Waals surface area contributed by atoms with Crippen molar-refractivity contribution in [2.75, 3.05) is 0 Å². The third-order valence-electron chi connectivity index (χ3n) is 1.73. The van der Waals surface area contributed by atoms with E-state index in [4.69, 9.17) is 5.73 Å². The van der Waals surface area contributed by atoms with Crippen molar-refractivity contribution in [3.8, 4) is 0 Å². The van der Waals surface area contributed by atoms with Crippen LogP contribution in [0.4, 0.5) is 8.78 Å². The van der Waals surface area contributed by atoms with E-state index in [0.29, 0.717) is 23.1 Å². The van der Waals surface area contributed by atoms with Crippen molar-refractivity contribution in [2.24, 2.45) is 5.73 Å². The number of alkyl halides is 2. The highest BCUT2D eigenvalue weighted by Gasteiger charge is 2.10. The summed E-state index contributed by atoms with van der Waals surface area (Å²) in [6.45, 7) is 1.86. The molecular weight excluding hydrogens is 204 g/mol. The minimum Gasteiger partial charge on any atom is -0.328 e. The molecule has 1 aromatic rings. The Labute approximate surface area is 86.7 Å². The highest BCUT2D eigenvalue weighted by Crippen LogP contribution is 2.28. The van der Waals surface area contributed by atoms with Crippen LogP contribution in [-0.4, -0.2) is 11.8 Å². The summed E-state index contributed by atoms with van der Waals surface area (Å²) < 4.78 is 24.3. The molecule has 1 nitrogen and oxygen atoms in total. The molecule has 78 valence electrons. The Morgan fingerprint density at radius 2 is 2.00 bits per heavy atom. The molecule has 0 bridgehead atoms. The van der Waals surface area contributed by atoms with Gasteiger partial charge in [-0.3, -0.25) is 0 Å². The van der Waals surface area contributed by atoms with Gasteiger partial charge in [-0.05, 0) is 25.0 Å². The molecule has 0 amide bonds. The number of hydrogen-bond donors (Lipinski definition) is 1. The quantitative estimate of drug-likeness (QED) is 0.785. The number of hydrogen-bond acceptors (Lipinski definition) is 2. The maximum absolute atomic E-state index is 12.2. The number of rotatable bonds is 4. The van der Waals surface area contributed by atoms with Crippen molar-refractivity contribution >= 4 is 11.8 Å². The second-order valence-corrected chi connectivity index (χ2v) is 4.20. The Morgan fingerprint density at radius 3 is 2.57 bits per heavy atom. The van der Waals surface area contributed by atoms with E-state index in [2.05, 4.69) is 0 Å². The Kier molecular flexibility index (Phi) is 4.35. The first-order valence-corrected chi connectivity index (χ1v) is 5.26. The van der Waals surface area contributed by atoms with Crippen LogP contribution in [0.5, 0.6) is 0 Å². The fraction of sp³-hybridized carbons (Fsp3) is 0.400. The molecular formula is C10H13F2NS. The van der Waals surface area contributed by atoms with Gasteiger partial charge in [-0.15, -0.1) is 0 Å². The predicted octanol–water partition coefficient (Wildman–Crippen LogP) is 2.89. The lowest BCUT2D eigenvalue weighted by atomic mass is 10.1. The molecule has 1 aromatic carbocycles. The highest BCUT2D eigenvalue weighted by molar-refractivity contribution is 7.99. The van der Waals surface area contributed by atoms with Gasteiger partial charge in [-0.25, -0.2) is 0 Å². The molecule has 0 aromatic heterocycles. The van der Waals surface area contributed by atoms with Crippen LogP contribution in [-0.2, 0) is 6.42 Å². The summed E-state index contributed by atoms with van der Waals surface area (Å²) in [5.41, 5.74) is 6.52. The van der Waals surface area contributed by atoms with E-state index in [1.165, 1.54) is 0 Å². The van der Waals surface area contributed by atoms with Gasteiger partial charge in [0.1, 0.15) is 0 Å². The van der Waals surface area contributed by atoms with Gasteiger partial charge in [0.2, 0.25) is 0 Å². The summed E-state index contributed by atoms with van der Waals surface area (Å²) in [5, 5.41) is 0. The van der Waals surface area contributed by atoms with Gasteiger partial charge in [-0.2, -0.15) is 8.78 Å². The highest BCUT2D eigenvalue weighted by atomic mass is 32.2. The van der Waals surface area contributed by atoms with E-state index >= 15 is 0 Å². The van der Waals surface area contributed by atoms with Crippen molar-refractivity contribution in [1.82, 2.24) is 0 Å². The molecule has 0 aliphatic carbocycles. The smallest absolute Gasteiger partial charge is 0.288 e. The van der Waals surface area contributed by atoms with Crippen molar-refractivity contribution in [2.45, 2.75) is 30.0 Å². The molecule has 4 heteroatoms. The van der Waals surface area contributed by atoms with Crippen LogP contribution in [0.2, 0.25) is 0 Å². The second kappa shape index (κ2) is 5.32. The summed E-state index contributed by atoms with van der Waals surface area (Å²) in [4.78, 5) is 0.625. The van der Waals surface area contributed by atoms with E-state index in [1.54, 1.807) is 12.1 Å². The van der Waals surface area contributed by atoms with Gasteiger partial charge in [0.15, 0.2) is 0 Å². The monoisotopic (exact) mass is 217 g/mol. The molecule has 0 spiro atoms. The first-order valence-electron chi connectivity index (χ1n) is 4.38. The number of benzene rings is 1. The molecule has 14 heavy (non-hydrogen) atoms. The normalized spacial score (nSPS) is 13.2. The molecule has 1 atom stereocenters. The van der Waals surface area contributed by atoms with Crippen LogP contribution in [0.3, 0.4) is 0 Å². The van der Waals surface area contributed by atoms with Gasteiger partial charge in [-0.1, -0.05) is 30.0 Å². The van der Waals surface area contributed by atoms with Crippen LogP contribution in [0.1, 0.15) is 12.5 Å². The Balaban J connectivity index is 2.80. The van der Waals surface area contributed by atoms with Crippen LogP contribution >= 0.6 is 11.8 Å². The largest absolute Gasteiger partial charge is 0.328 e. The van der Waals surface area contributed by atoms with E-state index in [0.717, 1.165) is 5.56 Å². The first kappa shape index (κ1) is 11.5. The molecule has 0 heterocycles. The van der Waals surface area contributed by atoms with Gasteiger partial charge in [0, 0.05) is 10.9 Å². The molecule has 0 aliphatic heterocycles. The van der Waals surface area contributed by atoms with Crippen LogP contribution in [0, 0.1) is 0 Å². The standard InChI is InChI=1S/C10H13F2NS/c1-7(13)6-8-4-2-3-5-9(8)14-10(11)12/h2-5,7,10H,6,13H2,1H3. The minimum absolute atomic E-state index is 0.00516. The number of nitrogens with two attached hydrogens (primary N) is 1. The maximum Gasteiger partial charge on any atom is 0.288 e. The third kappa shape index (κ3) is 3.64. The fourth-order valence-corrected chi connectivity index (χ4v) is 1.88. The van der Waals surface area contributed by atoms with Crippen molar-refractivity contribution < 1.29 is 8.78 Å². The summed E-state index contributed by atoms with van der Waals surface area (Å²) in [7, 11) is 0. The minimum atomic E-state index is -2.37. The number of thioether (sulfide) groups is 1. The zero-order valence-electron chi connectivity index (χ0n) is 7.91. The molecule has 0 saturated heterocycles. The SMILES string of the molecule is CC(N)Cc1ccccc1SC(F)F. The van der Waals surface area contributed by atoms with Gasteiger partial charge in [0.05, 0.1) is 0 Å². The average molecular weight is 217 g/mol. The van der Waals surface area contributed by atoms with E-state index in [1.807, 2.05) is 19.1 Å². The molecule has 0 radical (unpaired) electrons. The molecule has 1 unspecified atom stereocenters. The van der Waals surface area contributed by atoms with E-state index in [-0.39, 0.29) is 6.04 Å². The number of halogens is 2. The van der Waals surface area contributed by atoms with Crippen LogP contribution in [0.15, 0.2) is 29.2 Å². The molecule has 2 N–H and O–H groups in total. The lowest BCUT2D eigenvalue weighted by Crippen LogP contribution is -2.18. The van der Waals surface area contributed by atoms with Crippen LogP contribution < -0.4 is 5.73 Å². The van der Waals surface area contributed by atoms with Gasteiger partial charge in [0.25, 0.3) is 5.76 Å². The van der Waals surface area contributed by atoms with Crippen LogP contribution in [0.25, 0.3) is 0 Å². The zero-order chi connectivity index (χ0) is 10.6. The van der Waals surface area contributed by atoms with Crippen molar-refractivity contribution in [3.05, 3.63) is 29.8 Å². The Bertz CT molecular complexity index is 260. The topological polar surface area (TPSA) is 26.0 Å². The van der Waals surface area contributed by atoms with Gasteiger partial charge >= 0.3 is 0 Å². The lowest BCUT2D eigenvalue weighted by molar-refractivity contribution is 0.252. The van der Waals surface area contributed by atoms with Crippen molar-refractivity contribution in [1.29, 1.82) is 0 Å². The molecule has 0 saturated carbocycles. The molecule has 0 fully saturated rings. The maximum atomic E-state index is 12.2. The first-order chi connectivity index (χ1) is 6.59. The van der Waals surface area contributed by atoms with Gasteiger partial charge < -0.3 is 5.73 Å². The summed E-state index contributed by atoms with van der Waals surface area (Å²) >= 11 is 0.578. The lowest BCUT2D eigenvalue weighted by Gasteiger charge is -2.10. The van der Waals surface area contributed by atoms with Crippen molar-refractivity contribution in [3.63, 3.8) is 0 Å². The Hall–Kier alpha value is -0.610. The summed E-state index contributed by atoms with van der Waals surface area (Å²) in [6.07, 6.45) is 0.635. The zero-order valence-corrected chi connectivity index (χ0v) is 8.73. The van der Waals surface area contributed by atoms with E-state index < -0.39 is 5.76 Å². The molecule has 0 aliphatic rings. The average Bonchev–Trinajstić information content (AvgIpc) is 2.06.